The lowest BCUT2D eigenvalue weighted by Gasteiger charge is -2.33. The van der Waals surface area contributed by atoms with Crippen LogP contribution in [0.3, 0.4) is 0 Å². The number of methoxy groups -OCH3 is 2. The fourth-order valence-electron chi connectivity index (χ4n) is 5.19. The van der Waals surface area contributed by atoms with Gasteiger partial charge in [-0.15, -0.1) is 0 Å². The van der Waals surface area contributed by atoms with E-state index in [2.05, 4.69) is 5.32 Å². The molecule has 1 fully saturated rings. The minimum absolute atomic E-state index is 0.00386. The molecular weight excluding hydrogens is 573 g/mol. The van der Waals surface area contributed by atoms with E-state index < -0.39 is 34.3 Å². The van der Waals surface area contributed by atoms with Crippen molar-refractivity contribution in [3.63, 3.8) is 0 Å². The number of carbonyl (C=O) groups excluding carboxylic acids is 2. The molecule has 0 aliphatic heterocycles. The number of hydrogen-bond acceptors (Lipinski definition) is 6. The third-order valence-corrected chi connectivity index (χ3v) is 9.47. The van der Waals surface area contributed by atoms with E-state index in [1.165, 1.54) is 61.6 Å². The normalized spacial score (nSPS) is 14.4. The largest absolute Gasteiger partial charge is 0.493 e. The first-order chi connectivity index (χ1) is 20.6. The lowest BCUT2D eigenvalue weighted by Crippen LogP contribution is -2.53. The lowest BCUT2D eigenvalue weighted by molar-refractivity contribution is -0.139. The number of sulfonamides is 1. The number of amides is 2. The molecule has 3 aromatic rings. The summed E-state index contributed by atoms with van der Waals surface area (Å²) >= 11 is 0. The maximum Gasteiger partial charge on any atom is 0.264 e. The predicted octanol–water partition coefficient (Wildman–Crippen LogP) is 4.90. The van der Waals surface area contributed by atoms with Crippen molar-refractivity contribution in [2.45, 2.75) is 62.6 Å². The van der Waals surface area contributed by atoms with Crippen LogP contribution < -0.4 is 19.1 Å². The van der Waals surface area contributed by atoms with Gasteiger partial charge >= 0.3 is 0 Å². The minimum Gasteiger partial charge on any atom is -0.493 e. The van der Waals surface area contributed by atoms with Crippen molar-refractivity contribution in [2.75, 3.05) is 25.1 Å². The molecule has 43 heavy (non-hydrogen) atoms. The highest BCUT2D eigenvalue weighted by Crippen LogP contribution is 2.34. The summed E-state index contributed by atoms with van der Waals surface area (Å²) in [5, 5.41) is 3.03. The Balaban J connectivity index is 1.72. The van der Waals surface area contributed by atoms with Crippen molar-refractivity contribution >= 4 is 27.5 Å². The molecule has 9 nitrogen and oxygen atoms in total. The Morgan fingerprint density at radius 2 is 1.58 bits per heavy atom. The average molecular weight is 612 g/mol. The van der Waals surface area contributed by atoms with Crippen molar-refractivity contribution in [2.24, 2.45) is 0 Å². The van der Waals surface area contributed by atoms with Crippen LogP contribution >= 0.6 is 0 Å². The van der Waals surface area contributed by atoms with Crippen molar-refractivity contribution < 1.29 is 31.9 Å². The van der Waals surface area contributed by atoms with Crippen LogP contribution in [-0.4, -0.2) is 58.0 Å². The van der Waals surface area contributed by atoms with Crippen molar-refractivity contribution in [3.05, 3.63) is 84.2 Å². The van der Waals surface area contributed by atoms with E-state index in [-0.39, 0.29) is 40.4 Å². The van der Waals surface area contributed by atoms with Crippen LogP contribution in [0.15, 0.2) is 77.7 Å². The number of ether oxygens (including phenoxy) is 2. The molecule has 0 saturated heterocycles. The molecule has 1 aliphatic carbocycles. The summed E-state index contributed by atoms with van der Waals surface area (Å²) in [4.78, 5) is 28.7. The van der Waals surface area contributed by atoms with Crippen molar-refractivity contribution in [1.82, 2.24) is 10.2 Å². The van der Waals surface area contributed by atoms with Gasteiger partial charge in [-0.1, -0.05) is 55.7 Å². The quantitative estimate of drug-likeness (QED) is 0.312. The van der Waals surface area contributed by atoms with Gasteiger partial charge in [-0.3, -0.25) is 13.9 Å². The van der Waals surface area contributed by atoms with Gasteiger partial charge in [0.2, 0.25) is 11.8 Å². The van der Waals surface area contributed by atoms with E-state index in [4.69, 9.17) is 9.47 Å². The van der Waals surface area contributed by atoms with Crippen LogP contribution in [0.2, 0.25) is 0 Å². The SMILES string of the molecule is COc1ccc(N(CC(=O)N(Cc2ccccc2F)C(C)C(=O)NC2CCCCC2)S(=O)(=O)c2ccccc2)cc1OC. The smallest absolute Gasteiger partial charge is 0.264 e. The van der Waals surface area contributed by atoms with Gasteiger partial charge in [0, 0.05) is 24.2 Å². The number of rotatable bonds is 12. The zero-order valence-electron chi connectivity index (χ0n) is 24.7. The highest BCUT2D eigenvalue weighted by molar-refractivity contribution is 7.92. The van der Waals surface area contributed by atoms with Crippen LogP contribution in [0.25, 0.3) is 0 Å². The number of anilines is 1. The Kier molecular flexibility index (Phi) is 10.6. The molecule has 0 spiro atoms. The van der Waals surface area contributed by atoms with Gasteiger partial charge < -0.3 is 19.7 Å². The minimum atomic E-state index is -4.26. The molecule has 2 amide bonds. The fraction of sp³-hybridized carbons (Fsp3) is 0.375. The van der Waals surface area contributed by atoms with Crippen LogP contribution in [-0.2, 0) is 26.2 Å². The molecule has 1 saturated carbocycles. The topological polar surface area (TPSA) is 105 Å². The zero-order valence-corrected chi connectivity index (χ0v) is 25.5. The van der Waals surface area contributed by atoms with Gasteiger partial charge in [-0.25, -0.2) is 12.8 Å². The van der Waals surface area contributed by atoms with E-state index in [0.29, 0.717) is 5.75 Å². The second kappa shape index (κ2) is 14.4. The molecule has 1 N–H and O–H groups in total. The van der Waals surface area contributed by atoms with Crippen LogP contribution in [0.5, 0.6) is 11.5 Å². The van der Waals surface area contributed by atoms with Gasteiger partial charge in [-0.05, 0) is 50.1 Å². The molecule has 11 heteroatoms. The molecule has 4 rings (SSSR count). The standard InChI is InChI=1S/C32H38FN3O6S/c1-23(32(38)34-25-13-6-4-7-14-25)35(21-24-12-10-11-17-28(24)33)31(37)22-36(43(39,40)27-15-8-5-9-16-27)26-18-19-29(41-2)30(20-26)42-3/h5,8-12,15-20,23,25H,4,6-7,13-14,21-22H2,1-3H3,(H,34,38). The van der Waals surface area contributed by atoms with E-state index in [9.17, 15) is 22.4 Å². The van der Waals surface area contributed by atoms with E-state index in [1.54, 1.807) is 37.3 Å². The average Bonchev–Trinajstić information content (AvgIpc) is 3.03. The molecule has 1 atom stereocenters. The predicted molar refractivity (Wildman–Crippen MR) is 162 cm³/mol. The monoisotopic (exact) mass is 611 g/mol. The van der Waals surface area contributed by atoms with Gasteiger partial charge in [0.15, 0.2) is 11.5 Å². The van der Waals surface area contributed by atoms with Gasteiger partial charge in [0.1, 0.15) is 18.4 Å². The molecular formula is C32H38FN3O6S. The first-order valence-electron chi connectivity index (χ1n) is 14.3. The van der Waals surface area contributed by atoms with Gasteiger partial charge in [0.25, 0.3) is 10.0 Å². The number of nitrogens with zero attached hydrogens (tertiary/aromatic N) is 2. The second-order valence-corrected chi connectivity index (χ2v) is 12.4. The van der Waals surface area contributed by atoms with Gasteiger partial charge in [-0.2, -0.15) is 0 Å². The highest BCUT2D eigenvalue weighted by Gasteiger charge is 2.34. The Morgan fingerprint density at radius 1 is 0.930 bits per heavy atom. The Morgan fingerprint density at radius 3 is 2.23 bits per heavy atom. The third kappa shape index (κ3) is 7.64. The summed E-state index contributed by atoms with van der Waals surface area (Å²) in [6.45, 7) is 0.696. The number of hydrogen-bond donors (Lipinski definition) is 1. The molecule has 0 radical (unpaired) electrons. The lowest BCUT2D eigenvalue weighted by atomic mass is 9.95. The number of halogens is 1. The first-order valence-corrected chi connectivity index (χ1v) is 15.7. The van der Waals surface area contributed by atoms with Gasteiger partial charge in [0.05, 0.1) is 24.8 Å². The van der Waals surface area contributed by atoms with Crippen LogP contribution in [0, 0.1) is 5.82 Å². The maximum absolute atomic E-state index is 14.8. The summed E-state index contributed by atoms with van der Waals surface area (Å²) in [5.41, 5.74) is 0.358. The Hall–Kier alpha value is -4.12. The summed E-state index contributed by atoms with van der Waals surface area (Å²) in [6, 6.07) is 17.2. The van der Waals surface area contributed by atoms with Crippen LogP contribution in [0.4, 0.5) is 10.1 Å². The first kappa shape index (κ1) is 31.8. The Bertz CT molecular complexity index is 1510. The molecule has 0 heterocycles. The summed E-state index contributed by atoms with van der Waals surface area (Å²) in [5.74, 6) is -0.939. The molecule has 0 aromatic heterocycles. The summed E-state index contributed by atoms with van der Waals surface area (Å²) in [7, 11) is -1.38. The third-order valence-electron chi connectivity index (χ3n) is 7.68. The van der Waals surface area contributed by atoms with E-state index in [0.717, 1.165) is 36.4 Å². The molecule has 0 bridgehead atoms. The Labute approximate surface area is 252 Å². The zero-order chi connectivity index (χ0) is 31.0. The summed E-state index contributed by atoms with van der Waals surface area (Å²) in [6.07, 6.45) is 4.83. The van der Waals surface area contributed by atoms with Crippen LogP contribution in [0.1, 0.15) is 44.6 Å². The number of nitrogens with one attached hydrogen (secondary N) is 1. The molecule has 3 aromatic carbocycles. The number of carbonyl (C=O) groups is 2. The number of benzene rings is 3. The van der Waals surface area contributed by atoms with E-state index in [1.807, 2.05) is 0 Å². The summed E-state index contributed by atoms with van der Waals surface area (Å²) < 4.78 is 54.4. The molecule has 1 unspecified atom stereocenters. The van der Waals surface area contributed by atoms with E-state index >= 15 is 0 Å². The van der Waals surface area contributed by atoms with Crippen molar-refractivity contribution in [1.29, 1.82) is 0 Å². The highest BCUT2D eigenvalue weighted by atomic mass is 32.2. The fourth-order valence-corrected chi connectivity index (χ4v) is 6.62. The maximum atomic E-state index is 14.8. The molecule has 1 aliphatic rings. The second-order valence-electron chi connectivity index (χ2n) is 10.5. The molecule has 230 valence electrons. The van der Waals surface area contributed by atoms with Crippen molar-refractivity contribution in [3.8, 4) is 11.5 Å².